The van der Waals surface area contributed by atoms with E-state index in [2.05, 4.69) is 10.6 Å². The van der Waals surface area contributed by atoms with E-state index in [1.165, 1.54) is 7.11 Å². The van der Waals surface area contributed by atoms with Gasteiger partial charge in [-0.25, -0.2) is 0 Å². The highest BCUT2D eigenvalue weighted by Gasteiger charge is 2.16. The Hall–Kier alpha value is -2.86. The van der Waals surface area contributed by atoms with E-state index in [9.17, 15) is 14.7 Å². The number of hydrogen-bond acceptors (Lipinski definition) is 4. The molecule has 1 unspecified atom stereocenters. The molecule has 126 valence electrons. The van der Waals surface area contributed by atoms with Gasteiger partial charge >= 0.3 is 11.8 Å². The number of hydrogen-bond donors (Lipinski definition) is 3. The summed E-state index contributed by atoms with van der Waals surface area (Å²) in [4.78, 5) is 23.7. The molecule has 0 fully saturated rings. The summed E-state index contributed by atoms with van der Waals surface area (Å²) in [7, 11) is 1.48. The Morgan fingerprint density at radius 3 is 2.42 bits per heavy atom. The molecule has 6 heteroatoms. The van der Waals surface area contributed by atoms with Gasteiger partial charge in [0, 0.05) is 6.54 Å². The van der Waals surface area contributed by atoms with Crippen LogP contribution in [0, 0.1) is 0 Å². The van der Waals surface area contributed by atoms with Gasteiger partial charge in [0.2, 0.25) is 0 Å². The van der Waals surface area contributed by atoms with Crippen molar-refractivity contribution in [3.8, 4) is 5.75 Å². The zero-order chi connectivity index (χ0) is 17.4. The standard InChI is InChI=1S/C18H20N2O4/c1-24-16-10-6-5-9-14(16)20-18(23)17(22)19-12-11-15(21)13-7-3-2-4-8-13/h2-10,15,21H,11-12H2,1H3,(H,19,22)(H,20,23). The molecule has 0 aliphatic rings. The molecule has 24 heavy (non-hydrogen) atoms. The number of para-hydroxylation sites is 2. The number of nitrogens with one attached hydrogen (secondary N) is 2. The SMILES string of the molecule is COc1ccccc1NC(=O)C(=O)NCCC(O)c1ccccc1. The number of carbonyl (C=O) groups is 2. The van der Waals surface area contributed by atoms with Crippen LogP contribution in [-0.4, -0.2) is 30.6 Å². The van der Waals surface area contributed by atoms with Crippen LogP contribution in [0.2, 0.25) is 0 Å². The number of methoxy groups -OCH3 is 1. The largest absolute Gasteiger partial charge is 0.495 e. The highest BCUT2D eigenvalue weighted by Crippen LogP contribution is 2.22. The van der Waals surface area contributed by atoms with Crippen molar-refractivity contribution < 1.29 is 19.4 Å². The third kappa shape index (κ3) is 4.82. The van der Waals surface area contributed by atoms with Gasteiger partial charge < -0.3 is 20.5 Å². The first-order valence-corrected chi connectivity index (χ1v) is 7.57. The average Bonchev–Trinajstić information content (AvgIpc) is 2.62. The van der Waals surface area contributed by atoms with Crippen LogP contribution in [0.3, 0.4) is 0 Å². The number of amides is 2. The molecule has 1 atom stereocenters. The zero-order valence-corrected chi connectivity index (χ0v) is 13.4. The van der Waals surface area contributed by atoms with Crippen molar-refractivity contribution in [2.75, 3.05) is 19.0 Å². The number of anilines is 1. The minimum absolute atomic E-state index is 0.189. The number of carbonyl (C=O) groups excluding carboxylic acids is 2. The lowest BCUT2D eigenvalue weighted by Crippen LogP contribution is -2.36. The Labute approximate surface area is 140 Å². The summed E-state index contributed by atoms with van der Waals surface area (Å²) in [6.45, 7) is 0.189. The normalized spacial score (nSPS) is 11.4. The highest BCUT2D eigenvalue weighted by molar-refractivity contribution is 6.39. The summed E-state index contributed by atoms with van der Waals surface area (Å²) in [6.07, 6.45) is -0.374. The van der Waals surface area contributed by atoms with E-state index < -0.39 is 17.9 Å². The Balaban J connectivity index is 1.81. The van der Waals surface area contributed by atoms with Crippen LogP contribution in [0.4, 0.5) is 5.69 Å². The minimum atomic E-state index is -0.784. The molecule has 0 saturated carbocycles. The molecule has 0 bridgehead atoms. The summed E-state index contributed by atoms with van der Waals surface area (Å²) in [5, 5.41) is 15.0. The topological polar surface area (TPSA) is 87.7 Å². The Kier molecular flexibility index (Phi) is 6.33. The summed E-state index contributed by atoms with van der Waals surface area (Å²) < 4.78 is 5.11. The van der Waals surface area contributed by atoms with Crippen molar-refractivity contribution in [3.63, 3.8) is 0 Å². The molecule has 2 rings (SSSR count). The average molecular weight is 328 g/mol. The van der Waals surface area contributed by atoms with Crippen molar-refractivity contribution in [2.45, 2.75) is 12.5 Å². The third-order valence-electron chi connectivity index (χ3n) is 3.45. The van der Waals surface area contributed by atoms with Gasteiger partial charge in [-0.15, -0.1) is 0 Å². The van der Waals surface area contributed by atoms with Crippen LogP contribution in [-0.2, 0) is 9.59 Å². The monoisotopic (exact) mass is 328 g/mol. The highest BCUT2D eigenvalue weighted by atomic mass is 16.5. The number of aliphatic hydroxyl groups is 1. The predicted octanol–water partition coefficient (Wildman–Crippen LogP) is 1.87. The summed E-state index contributed by atoms with van der Waals surface area (Å²) in [5.41, 5.74) is 1.19. The van der Waals surface area contributed by atoms with Gasteiger partial charge in [-0.1, -0.05) is 42.5 Å². The summed E-state index contributed by atoms with van der Waals surface area (Å²) in [6, 6.07) is 16.0. The van der Waals surface area contributed by atoms with Crippen molar-refractivity contribution in [1.29, 1.82) is 0 Å². The Morgan fingerprint density at radius 1 is 1.04 bits per heavy atom. The van der Waals surface area contributed by atoms with E-state index in [4.69, 9.17) is 4.74 Å². The molecule has 2 amide bonds. The molecule has 0 aromatic heterocycles. The third-order valence-corrected chi connectivity index (χ3v) is 3.45. The fourth-order valence-corrected chi connectivity index (χ4v) is 2.17. The van der Waals surface area contributed by atoms with Crippen molar-refractivity contribution in [2.24, 2.45) is 0 Å². The molecular formula is C18H20N2O4. The van der Waals surface area contributed by atoms with Gasteiger partial charge in [-0.3, -0.25) is 9.59 Å². The molecule has 0 aliphatic heterocycles. The Morgan fingerprint density at radius 2 is 1.71 bits per heavy atom. The van der Waals surface area contributed by atoms with Crippen LogP contribution in [0.1, 0.15) is 18.1 Å². The molecular weight excluding hydrogens is 308 g/mol. The van der Waals surface area contributed by atoms with Crippen LogP contribution < -0.4 is 15.4 Å². The zero-order valence-electron chi connectivity index (χ0n) is 13.4. The second-order valence-electron chi connectivity index (χ2n) is 5.13. The lowest BCUT2D eigenvalue weighted by molar-refractivity contribution is -0.136. The van der Waals surface area contributed by atoms with Gasteiger partial charge in [0.15, 0.2) is 0 Å². The van der Waals surface area contributed by atoms with Gasteiger partial charge in [0.25, 0.3) is 0 Å². The molecule has 0 spiro atoms. The number of rotatable bonds is 6. The van der Waals surface area contributed by atoms with Crippen molar-refractivity contribution >= 4 is 17.5 Å². The number of aliphatic hydroxyl groups excluding tert-OH is 1. The van der Waals surface area contributed by atoms with E-state index in [-0.39, 0.29) is 6.54 Å². The maximum absolute atomic E-state index is 11.9. The van der Waals surface area contributed by atoms with Crippen molar-refractivity contribution in [1.82, 2.24) is 5.32 Å². The quantitative estimate of drug-likeness (QED) is 0.707. The molecule has 0 saturated heterocycles. The molecule has 3 N–H and O–H groups in total. The molecule has 6 nitrogen and oxygen atoms in total. The van der Waals surface area contributed by atoms with Crippen LogP contribution >= 0.6 is 0 Å². The van der Waals surface area contributed by atoms with Gasteiger partial charge in [-0.2, -0.15) is 0 Å². The van der Waals surface area contributed by atoms with E-state index in [0.29, 0.717) is 17.9 Å². The first-order valence-electron chi connectivity index (χ1n) is 7.57. The molecule has 0 heterocycles. The first-order chi connectivity index (χ1) is 11.6. The van der Waals surface area contributed by atoms with Crippen LogP contribution in [0.25, 0.3) is 0 Å². The number of benzene rings is 2. The van der Waals surface area contributed by atoms with Gasteiger partial charge in [0.05, 0.1) is 18.9 Å². The fraction of sp³-hybridized carbons (Fsp3) is 0.222. The lowest BCUT2D eigenvalue weighted by Gasteiger charge is -2.12. The maximum atomic E-state index is 11.9. The predicted molar refractivity (Wildman–Crippen MR) is 90.7 cm³/mol. The van der Waals surface area contributed by atoms with Gasteiger partial charge in [-0.05, 0) is 24.1 Å². The summed E-state index contributed by atoms with van der Waals surface area (Å²) in [5.74, 6) is -1.08. The minimum Gasteiger partial charge on any atom is -0.495 e. The number of ether oxygens (including phenoxy) is 1. The first kappa shape index (κ1) is 17.5. The Bertz CT molecular complexity index is 688. The fourth-order valence-electron chi connectivity index (χ4n) is 2.17. The second-order valence-corrected chi connectivity index (χ2v) is 5.13. The molecule has 2 aromatic carbocycles. The molecule has 0 aliphatic carbocycles. The second kappa shape index (κ2) is 8.69. The van der Waals surface area contributed by atoms with Crippen molar-refractivity contribution in [3.05, 3.63) is 60.2 Å². The molecule has 0 radical (unpaired) electrons. The smallest absolute Gasteiger partial charge is 0.313 e. The lowest BCUT2D eigenvalue weighted by atomic mass is 10.1. The van der Waals surface area contributed by atoms with Gasteiger partial charge in [0.1, 0.15) is 5.75 Å². The van der Waals surface area contributed by atoms with E-state index >= 15 is 0 Å². The van der Waals surface area contributed by atoms with E-state index in [1.807, 2.05) is 18.2 Å². The summed E-state index contributed by atoms with van der Waals surface area (Å²) >= 11 is 0. The molecule has 2 aromatic rings. The van der Waals surface area contributed by atoms with E-state index in [1.54, 1.807) is 36.4 Å². The van der Waals surface area contributed by atoms with Crippen LogP contribution in [0.15, 0.2) is 54.6 Å². The maximum Gasteiger partial charge on any atom is 0.313 e. The van der Waals surface area contributed by atoms with E-state index in [0.717, 1.165) is 5.56 Å². The van der Waals surface area contributed by atoms with Crippen LogP contribution in [0.5, 0.6) is 5.75 Å².